The summed E-state index contributed by atoms with van der Waals surface area (Å²) < 4.78 is 13.0. The monoisotopic (exact) mass is 312 g/mol. The number of carbonyl (C=O) groups is 1. The van der Waals surface area contributed by atoms with E-state index in [2.05, 4.69) is 12.1 Å². The van der Waals surface area contributed by atoms with Crippen LogP contribution in [0.5, 0.6) is 0 Å². The van der Waals surface area contributed by atoms with Gasteiger partial charge in [-0.25, -0.2) is 4.39 Å². The molecule has 1 saturated heterocycles. The van der Waals surface area contributed by atoms with Crippen LogP contribution in [-0.4, -0.2) is 30.4 Å². The van der Waals surface area contributed by atoms with E-state index in [4.69, 9.17) is 5.73 Å². The summed E-state index contributed by atoms with van der Waals surface area (Å²) in [6.45, 7) is 1.96. The van der Waals surface area contributed by atoms with Gasteiger partial charge in [0.05, 0.1) is 6.42 Å². The first-order valence-electron chi connectivity index (χ1n) is 7.94. The van der Waals surface area contributed by atoms with Crippen LogP contribution in [0.2, 0.25) is 0 Å². The van der Waals surface area contributed by atoms with E-state index < -0.39 is 0 Å². The zero-order valence-corrected chi connectivity index (χ0v) is 13.0. The van der Waals surface area contributed by atoms with Crippen LogP contribution in [0.1, 0.15) is 17.0 Å². The molecule has 0 saturated carbocycles. The van der Waals surface area contributed by atoms with Crippen molar-refractivity contribution in [2.75, 3.05) is 19.6 Å². The van der Waals surface area contributed by atoms with Gasteiger partial charge in [-0.05, 0) is 35.7 Å². The third-order valence-electron chi connectivity index (χ3n) is 4.59. The Balaban J connectivity index is 1.69. The molecule has 3 nitrogen and oxygen atoms in total. The topological polar surface area (TPSA) is 46.3 Å². The van der Waals surface area contributed by atoms with Crippen molar-refractivity contribution in [2.24, 2.45) is 11.7 Å². The predicted octanol–water partition coefficient (Wildman–Crippen LogP) is 2.57. The van der Waals surface area contributed by atoms with Crippen LogP contribution in [-0.2, 0) is 11.2 Å². The maximum Gasteiger partial charge on any atom is 0.227 e. The van der Waals surface area contributed by atoms with Crippen molar-refractivity contribution < 1.29 is 9.18 Å². The second kappa shape index (κ2) is 6.92. The van der Waals surface area contributed by atoms with Gasteiger partial charge in [-0.3, -0.25) is 4.79 Å². The third kappa shape index (κ3) is 3.59. The fourth-order valence-electron chi connectivity index (χ4n) is 3.28. The van der Waals surface area contributed by atoms with Gasteiger partial charge in [0.15, 0.2) is 0 Å². The molecule has 23 heavy (non-hydrogen) atoms. The van der Waals surface area contributed by atoms with Gasteiger partial charge >= 0.3 is 0 Å². The van der Waals surface area contributed by atoms with Gasteiger partial charge in [0, 0.05) is 19.0 Å². The molecule has 2 N–H and O–H groups in total. The number of nitrogens with zero attached hydrogens (tertiary/aromatic N) is 1. The lowest BCUT2D eigenvalue weighted by Crippen LogP contribution is -2.31. The minimum atomic E-state index is -0.283. The number of carbonyl (C=O) groups excluding carboxylic acids is 1. The molecule has 0 radical (unpaired) electrons. The number of amides is 1. The molecule has 0 bridgehead atoms. The molecule has 4 heteroatoms. The number of hydrogen-bond donors (Lipinski definition) is 1. The highest BCUT2D eigenvalue weighted by molar-refractivity contribution is 5.79. The average Bonchev–Trinajstić information content (AvgIpc) is 3.02. The fourth-order valence-corrected chi connectivity index (χ4v) is 3.28. The predicted molar refractivity (Wildman–Crippen MR) is 88.4 cm³/mol. The Labute approximate surface area is 135 Å². The van der Waals surface area contributed by atoms with Crippen LogP contribution in [0.3, 0.4) is 0 Å². The van der Waals surface area contributed by atoms with E-state index in [0.29, 0.717) is 32.0 Å². The summed E-state index contributed by atoms with van der Waals surface area (Å²) in [4.78, 5) is 14.4. The molecule has 0 aromatic heterocycles. The maximum atomic E-state index is 13.0. The standard InChI is InChI=1S/C19H21FN2O/c20-17-8-6-14(7-9-17)10-19(23)22-12-16(11-21)18(13-22)15-4-2-1-3-5-15/h1-9,16,18H,10-13,21H2/t16-,18+/m1/s1. The molecular formula is C19H21FN2O. The van der Waals surface area contributed by atoms with Crippen LogP contribution in [0.15, 0.2) is 54.6 Å². The van der Waals surface area contributed by atoms with E-state index in [-0.39, 0.29) is 17.6 Å². The number of rotatable bonds is 4. The largest absolute Gasteiger partial charge is 0.341 e. The van der Waals surface area contributed by atoms with Gasteiger partial charge in [0.25, 0.3) is 0 Å². The zero-order valence-electron chi connectivity index (χ0n) is 13.0. The summed E-state index contributed by atoms with van der Waals surface area (Å²) in [5, 5.41) is 0. The lowest BCUT2D eigenvalue weighted by atomic mass is 9.89. The maximum absolute atomic E-state index is 13.0. The van der Waals surface area contributed by atoms with E-state index >= 15 is 0 Å². The Bertz CT molecular complexity index is 657. The summed E-state index contributed by atoms with van der Waals surface area (Å²) in [6, 6.07) is 16.3. The van der Waals surface area contributed by atoms with Crippen molar-refractivity contribution in [2.45, 2.75) is 12.3 Å². The average molecular weight is 312 g/mol. The van der Waals surface area contributed by atoms with Crippen LogP contribution in [0.25, 0.3) is 0 Å². The van der Waals surface area contributed by atoms with Crippen LogP contribution in [0.4, 0.5) is 4.39 Å². The lowest BCUT2D eigenvalue weighted by molar-refractivity contribution is -0.129. The molecule has 1 aliphatic heterocycles. The molecule has 3 rings (SSSR count). The first-order chi connectivity index (χ1) is 11.2. The highest BCUT2D eigenvalue weighted by atomic mass is 19.1. The molecule has 0 aliphatic carbocycles. The van der Waals surface area contributed by atoms with Gasteiger partial charge in [-0.1, -0.05) is 42.5 Å². The fraction of sp³-hybridized carbons (Fsp3) is 0.316. The number of halogens is 1. The summed E-state index contributed by atoms with van der Waals surface area (Å²) >= 11 is 0. The normalized spacial score (nSPS) is 20.7. The molecule has 1 fully saturated rings. The quantitative estimate of drug-likeness (QED) is 0.943. The third-order valence-corrected chi connectivity index (χ3v) is 4.59. The Morgan fingerprint density at radius 1 is 1.09 bits per heavy atom. The molecule has 0 spiro atoms. The first kappa shape index (κ1) is 15.7. The van der Waals surface area contributed by atoms with Crippen molar-refractivity contribution >= 4 is 5.91 Å². The van der Waals surface area contributed by atoms with Crippen LogP contribution in [0, 0.1) is 11.7 Å². The molecule has 2 aromatic carbocycles. The molecular weight excluding hydrogens is 291 g/mol. The first-order valence-corrected chi connectivity index (χ1v) is 7.94. The zero-order chi connectivity index (χ0) is 16.2. The Hall–Kier alpha value is -2.20. The summed E-state index contributed by atoms with van der Waals surface area (Å²) in [5.74, 6) is 0.371. The summed E-state index contributed by atoms with van der Waals surface area (Å²) in [6.07, 6.45) is 0.305. The van der Waals surface area contributed by atoms with Crippen molar-refractivity contribution in [3.05, 3.63) is 71.5 Å². The highest BCUT2D eigenvalue weighted by Gasteiger charge is 2.34. The molecule has 120 valence electrons. The second-order valence-electron chi connectivity index (χ2n) is 6.11. The van der Waals surface area contributed by atoms with Crippen molar-refractivity contribution in [1.82, 2.24) is 4.90 Å². The molecule has 0 unspecified atom stereocenters. The van der Waals surface area contributed by atoms with E-state index in [1.807, 2.05) is 23.1 Å². The molecule has 1 amide bonds. The SMILES string of the molecule is NC[C@@H]1CN(C(=O)Cc2ccc(F)cc2)C[C@H]1c1ccccc1. The van der Waals surface area contributed by atoms with Gasteiger partial charge in [0.2, 0.25) is 5.91 Å². The van der Waals surface area contributed by atoms with Gasteiger partial charge in [0.1, 0.15) is 5.82 Å². The van der Waals surface area contributed by atoms with Crippen molar-refractivity contribution in [3.8, 4) is 0 Å². The molecule has 2 atom stereocenters. The van der Waals surface area contributed by atoms with Crippen LogP contribution >= 0.6 is 0 Å². The minimum absolute atomic E-state index is 0.0773. The van der Waals surface area contributed by atoms with Crippen molar-refractivity contribution in [1.29, 1.82) is 0 Å². The van der Waals surface area contributed by atoms with Gasteiger partial charge in [-0.15, -0.1) is 0 Å². The summed E-state index contributed by atoms with van der Waals surface area (Å²) in [7, 11) is 0. The lowest BCUT2D eigenvalue weighted by Gasteiger charge is -2.17. The van der Waals surface area contributed by atoms with Gasteiger partial charge < -0.3 is 10.6 Å². The number of benzene rings is 2. The highest BCUT2D eigenvalue weighted by Crippen LogP contribution is 2.32. The molecule has 1 heterocycles. The van der Waals surface area contributed by atoms with Crippen LogP contribution < -0.4 is 5.73 Å². The van der Waals surface area contributed by atoms with Gasteiger partial charge in [-0.2, -0.15) is 0 Å². The van der Waals surface area contributed by atoms with Crippen molar-refractivity contribution in [3.63, 3.8) is 0 Å². The van der Waals surface area contributed by atoms with E-state index in [0.717, 1.165) is 5.56 Å². The van der Waals surface area contributed by atoms with E-state index in [9.17, 15) is 9.18 Å². The summed E-state index contributed by atoms with van der Waals surface area (Å²) in [5.41, 5.74) is 7.99. The Morgan fingerprint density at radius 2 is 1.78 bits per heavy atom. The second-order valence-corrected chi connectivity index (χ2v) is 6.11. The smallest absolute Gasteiger partial charge is 0.227 e. The Morgan fingerprint density at radius 3 is 2.43 bits per heavy atom. The molecule has 1 aliphatic rings. The van der Waals surface area contributed by atoms with E-state index in [1.165, 1.54) is 17.7 Å². The Kier molecular flexibility index (Phi) is 4.72. The number of nitrogens with two attached hydrogens (primary N) is 1. The number of likely N-dealkylation sites (tertiary alicyclic amines) is 1. The molecule has 2 aromatic rings. The number of hydrogen-bond acceptors (Lipinski definition) is 2. The minimum Gasteiger partial charge on any atom is -0.341 e. The van der Waals surface area contributed by atoms with E-state index in [1.54, 1.807) is 12.1 Å².